The summed E-state index contributed by atoms with van der Waals surface area (Å²) in [5.74, 6) is -2.93. The Morgan fingerprint density at radius 1 is 0.825 bits per heavy atom. The minimum Gasteiger partial charge on any atom is -0.465 e. The van der Waals surface area contributed by atoms with Crippen LogP contribution in [0.4, 0.5) is 24.3 Å². The lowest BCUT2D eigenvalue weighted by atomic mass is 9.95. The lowest BCUT2D eigenvalue weighted by Gasteiger charge is -2.41. The van der Waals surface area contributed by atoms with E-state index < -0.39 is 23.5 Å². The number of nitrogens with zero attached hydrogens (tertiary/aromatic N) is 2. The molecule has 2 bridgehead atoms. The van der Waals surface area contributed by atoms with E-state index in [4.69, 9.17) is 9.47 Å². The third kappa shape index (κ3) is 9.19. The van der Waals surface area contributed by atoms with E-state index in [0.717, 1.165) is 78.9 Å². The highest BCUT2D eigenvalue weighted by atomic mass is 32.1. The number of piperazine rings is 1. The van der Waals surface area contributed by atoms with Gasteiger partial charge in [-0.3, -0.25) is 14.5 Å². The van der Waals surface area contributed by atoms with Crippen LogP contribution in [-0.4, -0.2) is 86.2 Å². The number of benzene rings is 3. The van der Waals surface area contributed by atoms with Gasteiger partial charge in [-0.2, -0.15) is 0 Å². The van der Waals surface area contributed by atoms with Crippen LogP contribution in [0.25, 0.3) is 0 Å². The summed E-state index contributed by atoms with van der Waals surface area (Å²) in [4.78, 5) is 57.6. The standard InChI is InChI=1S/C43H47F2N5O6S/c1-55-19-18-46-43(54)50-31-15-16-32(50)25-49(24-31)23-27-6-5-7-29(20-27)39(51)48-41-38(34-8-3-4-9-37(34)57-41)40(52)47-30-21-35(44)33(36(45)22-30)17-12-26-10-13-28(14-11-26)42(53)56-2/h5-7,10-11,13-14,20-22,31-32H,3-4,8-9,12,15-19,23-25H2,1-2H3,(H,46,54)(H,47,52)(H,48,51). The van der Waals surface area contributed by atoms with Gasteiger partial charge in [0.25, 0.3) is 11.8 Å². The molecule has 300 valence electrons. The molecule has 0 radical (unpaired) electrons. The Kier molecular flexibility index (Phi) is 12.6. The molecule has 2 saturated heterocycles. The number of likely N-dealkylation sites (tertiary alicyclic amines) is 1. The summed E-state index contributed by atoms with van der Waals surface area (Å²) < 4.78 is 40.4. The molecule has 7 rings (SSSR count). The van der Waals surface area contributed by atoms with Crippen molar-refractivity contribution < 1.29 is 37.4 Å². The Bertz CT molecular complexity index is 2110. The van der Waals surface area contributed by atoms with Gasteiger partial charge in [-0.25, -0.2) is 18.4 Å². The second-order valence-electron chi connectivity index (χ2n) is 14.8. The second-order valence-corrected chi connectivity index (χ2v) is 15.9. The summed E-state index contributed by atoms with van der Waals surface area (Å²) in [6.45, 7) is 3.05. The summed E-state index contributed by atoms with van der Waals surface area (Å²) in [5, 5.41) is 9.05. The first-order chi connectivity index (χ1) is 27.6. The Hall–Kier alpha value is -5.18. The molecule has 0 saturated carbocycles. The van der Waals surface area contributed by atoms with Gasteiger partial charge in [0, 0.05) is 67.1 Å². The average Bonchev–Trinajstić information content (AvgIpc) is 3.71. The minimum absolute atomic E-state index is 0.0251. The van der Waals surface area contributed by atoms with Gasteiger partial charge >= 0.3 is 12.0 Å². The summed E-state index contributed by atoms with van der Waals surface area (Å²) in [7, 11) is 2.90. The normalized spacial score (nSPS) is 17.5. The molecule has 14 heteroatoms. The predicted molar refractivity (Wildman–Crippen MR) is 214 cm³/mol. The predicted octanol–water partition coefficient (Wildman–Crippen LogP) is 6.99. The van der Waals surface area contributed by atoms with Crippen molar-refractivity contribution in [3.05, 3.63) is 116 Å². The van der Waals surface area contributed by atoms with Crippen molar-refractivity contribution in [2.24, 2.45) is 0 Å². The molecule has 3 N–H and O–H groups in total. The highest BCUT2D eigenvalue weighted by Crippen LogP contribution is 2.39. The molecule has 4 aromatic rings. The van der Waals surface area contributed by atoms with Crippen molar-refractivity contribution >= 4 is 45.8 Å². The third-order valence-corrected chi connectivity index (χ3v) is 12.2. The number of urea groups is 1. The zero-order chi connectivity index (χ0) is 40.1. The minimum atomic E-state index is -0.782. The number of esters is 1. The van der Waals surface area contributed by atoms with Crippen LogP contribution in [0, 0.1) is 11.6 Å². The molecule has 0 spiro atoms. The Morgan fingerprint density at radius 3 is 2.25 bits per heavy atom. The van der Waals surface area contributed by atoms with E-state index in [0.29, 0.717) is 54.2 Å². The summed E-state index contributed by atoms with van der Waals surface area (Å²) in [5.41, 5.74) is 3.63. The smallest absolute Gasteiger partial charge is 0.337 e. The van der Waals surface area contributed by atoms with Crippen LogP contribution < -0.4 is 16.0 Å². The van der Waals surface area contributed by atoms with Crippen molar-refractivity contribution in [1.29, 1.82) is 0 Å². The fraction of sp³-hybridized carbons (Fsp3) is 0.395. The quantitative estimate of drug-likeness (QED) is 0.0983. The Balaban J connectivity index is 1.01. The maximum absolute atomic E-state index is 15.3. The van der Waals surface area contributed by atoms with E-state index in [1.165, 1.54) is 18.4 Å². The number of fused-ring (bicyclic) bond motifs is 3. The van der Waals surface area contributed by atoms with Crippen LogP contribution in [0.15, 0.2) is 60.7 Å². The fourth-order valence-electron chi connectivity index (χ4n) is 8.24. The number of methoxy groups -OCH3 is 2. The highest BCUT2D eigenvalue weighted by Gasteiger charge is 2.42. The number of carbonyl (C=O) groups is 4. The van der Waals surface area contributed by atoms with E-state index in [-0.39, 0.29) is 41.7 Å². The molecule has 3 aromatic carbocycles. The van der Waals surface area contributed by atoms with Crippen molar-refractivity contribution in [2.45, 2.75) is 70.0 Å². The molecule has 2 atom stereocenters. The second kappa shape index (κ2) is 18.0. The van der Waals surface area contributed by atoms with Crippen LogP contribution in [0.2, 0.25) is 0 Å². The topological polar surface area (TPSA) is 129 Å². The molecular weight excluding hydrogens is 753 g/mol. The largest absolute Gasteiger partial charge is 0.465 e. The molecule has 3 heterocycles. The Morgan fingerprint density at radius 2 is 1.54 bits per heavy atom. The van der Waals surface area contributed by atoms with Gasteiger partial charge in [-0.15, -0.1) is 11.3 Å². The molecular formula is C43H47F2N5O6S. The summed E-state index contributed by atoms with van der Waals surface area (Å²) in [6.07, 6.45) is 5.60. The zero-order valence-electron chi connectivity index (χ0n) is 32.1. The summed E-state index contributed by atoms with van der Waals surface area (Å²) in [6, 6.07) is 16.5. The van der Waals surface area contributed by atoms with Gasteiger partial charge in [-0.05, 0) is 104 Å². The number of hydrogen-bond acceptors (Lipinski definition) is 8. The van der Waals surface area contributed by atoms with E-state index >= 15 is 8.78 Å². The van der Waals surface area contributed by atoms with E-state index in [2.05, 4.69) is 20.9 Å². The number of rotatable bonds is 13. The van der Waals surface area contributed by atoms with Crippen molar-refractivity contribution in [3.63, 3.8) is 0 Å². The van der Waals surface area contributed by atoms with Gasteiger partial charge in [0.15, 0.2) is 0 Å². The number of halogens is 2. The van der Waals surface area contributed by atoms with E-state index in [1.807, 2.05) is 23.1 Å². The first kappa shape index (κ1) is 40.0. The lowest BCUT2D eigenvalue weighted by Crippen LogP contribution is -2.58. The molecule has 3 aliphatic rings. The van der Waals surface area contributed by atoms with Crippen LogP contribution in [-0.2, 0) is 41.7 Å². The van der Waals surface area contributed by atoms with E-state index in [1.54, 1.807) is 37.4 Å². The monoisotopic (exact) mass is 799 g/mol. The molecule has 1 aromatic heterocycles. The zero-order valence-corrected chi connectivity index (χ0v) is 32.9. The molecule has 11 nitrogen and oxygen atoms in total. The van der Waals surface area contributed by atoms with Crippen molar-refractivity contribution in [2.75, 3.05) is 51.1 Å². The van der Waals surface area contributed by atoms with Gasteiger partial charge in [0.2, 0.25) is 0 Å². The highest BCUT2D eigenvalue weighted by molar-refractivity contribution is 7.17. The Labute approximate surface area is 334 Å². The maximum Gasteiger partial charge on any atom is 0.337 e. The first-order valence-electron chi connectivity index (χ1n) is 19.4. The van der Waals surface area contributed by atoms with Crippen LogP contribution in [0.3, 0.4) is 0 Å². The van der Waals surface area contributed by atoms with Gasteiger partial charge in [-0.1, -0.05) is 24.3 Å². The van der Waals surface area contributed by atoms with Crippen molar-refractivity contribution in [3.8, 4) is 0 Å². The first-order valence-corrected chi connectivity index (χ1v) is 20.2. The number of aryl methyl sites for hydroxylation is 2. The van der Waals surface area contributed by atoms with Gasteiger partial charge < -0.3 is 30.3 Å². The van der Waals surface area contributed by atoms with Crippen LogP contribution in [0.5, 0.6) is 0 Å². The van der Waals surface area contributed by atoms with Gasteiger partial charge in [0.1, 0.15) is 16.6 Å². The molecule has 2 aliphatic heterocycles. The third-order valence-electron chi connectivity index (χ3n) is 11.0. The number of amides is 4. The molecule has 57 heavy (non-hydrogen) atoms. The number of hydrogen-bond donors (Lipinski definition) is 3. The molecule has 1 aliphatic carbocycles. The van der Waals surface area contributed by atoms with Crippen LogP contribution in [0.1, 0.15) is 83.9 Å². The number of ether oxygens (including phenoxy) is 2. The fourth-order valence-corrected chi connectivity index (χ4v) is 9.52. The molecule has 2 fully saturated rings. The lowest BCUT2D eigenvalue weighted by molar-refractivity contribution is 0.0600. The number of nitrogens with one attached hydrogen (secondary N) is 3. The average molecular weight is 800 g/mol. The number of carbonyl (C=O) groups excluding carboxylic acids is 4. The number of thiophene rings is 1. The maximum atomic E-state index is 15.3. The number of anilines is 2. The molecule has 4 amide bonds. The SMILES string of the molecule is COCCNC(=O)N1C2CCC1CN(Cc1cccc(C(=O)Nc3sc4c(c3C(=O)Nc3cc(F)c(CCc5ccc(C(=O)OC)cc5)c(F)c3)CCCC4)c1)C2. The van der Waals surface area contributed by atoms with E-state index in [9.17, 15) is 19.2 Å². The summed E-state index contributed by atoms with van der Waals surface area (Å²) >= 11 is 1.37. The van der Waals surface area contributed by atoms with Gasteiger partial charge in [0.05, 0.1) is 24.8 Å². The van der Waals surface area contributed by atoms with Crippen LogP contribution >= 0.6 is 11.3 Å². The van der Waals surface area contributed by atoms with Crippen molar-refractivity contribution in [1.82, 2.24) is 15.1 Å². The molecule has 2 unspecified atom stereocenters.